The van der Waals surface area contributed by atoms with Crippen LogP contribution >= 0.6 is 12.6 Å². The van der Waals surface area contributed by atoms with E-state index in [4.69, 9.17) is 5.10 Å². The van der Waals surface area contributed by atoms with Gasteiger partial charge in [0.15, 0.2) is 0 Å². The number of aromatic nitrogens is 2. The number of nitrogens with one attached hydrogen (secondary N) is 1. The van der Waals surface area contributed by atoms with Crippen LogP contribution in [0.15, 0.2) is 91.1 Å². The maximum Gasteiger partial charge on any atom is 0.225 e. The minimum atomic E-state index is 0.0255. The van der Waals surface area contributed by atoms with Crippen molar-refractivity contribution in [1.82, 2.24) is 20.0 Å². The van der Waals surface area contributed by atoms with Gasteiger partial charge in [0.05, 0.1) is 24.5 Å². The van der Waals surface area contributed by atoms with Gasteiger partial charge in [-0.2, -0.15) is 17.7 Å². The van der Waals surface area contributed by atoms with E-state index in [1.165, 1.54) is 5.69 Å². The van der Waals surface area contributed by atoms with Crippen LogP contribution in [-0.4, -0.2) is 53.4 Å². The monoisotopic (exact) mass is 497 g/mol. The lowest BCUT2D eigenvalue weighted by atomic mass is 10.0. The number of carbonyl (C=O) groups excluding carboxylic acids is 1. The van der Waals surface area contributed by atoms with Gasteiger partial charge in [-0.15, -0.1) is 0 Å². The van der Waals surface area contributed by atoms with Crippen LogP contribution in [0.1, 0.15) is 11.1 Å². The van der Waals surface area contributed by atoms with Crippen molar-refractivity contribution >= 4 is 24.2 Å². The van der Waals surface area contributed by atoms with Gasteiger partial charge in [0.1, 0.15) is 0 Å². The predicted molar refractivity (Wildman–Crippen MR) is 149 cm³/mol. The molecule has 0 unspecified atom stereocenters. The van der Waals surface area contributed by atoms with Crippen LogP contribution in [0.4, 0.5) is 5.69 Å². The second-order valence-electron chi connectivity index (χ2n) is 9.05. The number of hydrogen-bond donors (Lipinski definition) is 2. The molecule has 1 aromatic heterocycles. The number of nitrogens with zero attached hydrogens (tertiary/aromatic N) is 4. The summed E-state index contributed by atoms with van der Waals surface area (Å²) in [5, 5.41) is 7.86. The molecule has 0 spiro atoms. The first-order valence-corrected chi connectivity index (χ1v) is 13.0. The summed E-state index contributed by atoms with van der Waals surface area (Å²) >= 11 is 4.48. The zero-order valence-electron chi connectivity index (χ0n) is 20.3. The van der Waals surface area contributed by atoms with E-state index in [-0.39, 0.29) is 5.91 Å². The Hall–Kier alpha value is -3.55. The van der Waals surface area contributed by atoms with Crippen molar-refractivity contribution in [2.24, 2.45) is 0 Å². The maximum absolute atomic E-state index is 12.8. The van der Waals surface area contributed by atoms with E-state index < -0.39 is 0 Å². The first-order valence-electron chi connectivity index (χ1n) is 12.3. The maximum atomic E-state index is 12.8. The van der Waals surface area contributed by atoms with Crippen LogP contribution in [0.5, 0.6) is 0 Å². The van der Waals surface area contributed by atoms with Crippen LogP contribution < -0.4 is 10.2 Å². The van der Waals surface area contributed by atoms with Crippen LogP contribution in [-0.2, 0) is 17.0 Å². The summed E-state index contributed by atoms with van der Waals surface area (Å²) in [7, 11) is 0. The van der Waals surface area contributed by atoms with Crippen LogP contribution in [0.2, 0.25) is 0 Å². The average molecular weight is 498 g/mol. The molecule has 3 aromatic carbocycles. The van der Waals surface area contributed by atoms with E-state index in [1.807, 2.05) is 53.3 Å². The first-order chi connectivity index (χ1) is 17.7. The summed E-state index contributed by atoms with van der Waals surface area (Å²) in [6.07, 6.45) is 2.29. The molecule has 1 aliphatic rings. The van der Waals surface area contributed by atoms with Crippen molar-refractivity contribution in [3.05, 3.63) is 102 Å². The second kappa shape index (κ2) is 11.5. The molecule has 6 nitrogen and oxygen atoms in total. The molecule has 1 aliphatic heterocycles. The Balaban J connectivity index is 1.18. The molecular formula is C29H31N5OS. The molecular weight excluding hydrogens is 466 g/mol. The van der Waals surface area contributed by atoms with Gasteiger partial charge in [0.2, 0.25) is 5.91 Å². The highest BCUT2D eigenvalue weighted by Gasteiger charge is 2.17. The SMILES string of the molecule is O=C(Cc1cc(CS)cc(-c2ccn(-c3ccccc3)n2)c1)NCN1CCN(c2ccccc2)CC1. The zero-order valence-corrected chi connectivity index (χ0v) is 21.1. The lowest BCUT2D eigenvalue weighted by Crippen LogP contribution is -2.50. The topological polar surface area (TPSA) is 53.4 Å². The summed E-state index contributed by atoms with van der Waals surface area (Å²) in [5.74, 6) is 0.630. The fraction of sp³-hybridized carbons (Fsp3) is 0.241. The summed E-state index contributed by atoms with van der Waals surface area (Å²) in [4.78, 5) is 17.5. The standard InChI is InChI=1S/C29H31N5OS/c35-29(30-22-32-13-15-33(16-14-32)26-7-3-1-4-8-26)20-23-17-24(21-36)19-25(18-23)28-11-12-34(31-28)27-9-5-2-6-10-27/h1-12,17-19,36H,13-16,20-22H2,(H,30,35). The summed E-state index contributed by atoms with van der Waals surface area (Å²) in [6.45, 7) is 4.35. The Labute approximate surface area is 218 Å². The molecule has 0 saturated carbocycles. The van der Waals surface area contributed by atoms with Gasteiger partial charge in [-0.25, -0.2) is 4.68 Å². The Bertz CT molecular complexity index is 1280. The highest BCUT2D eigenvalue weighted by Crippen LogP contribution is 2.23. The van der Waals surface area contributed by atoms with Crippen molar-refractivity contribution in [3.8, 4) is 16.9 Å². The Kier molecular flexibility index (Phi) is 7.69. The van der Waals surface area contributed by atoms with Crippen LogP contribution in [0.3, 0.4) is 0 Å². The Morgan fingerprint density at radius 1 is 0.833 bits per heavy atom. The van der Waals surface area contributed by atoms with E-state index >= 15 is 0 Å². The molecule has 0 aliphatic carbocycles. The number of para-hydroxylation sites is 2. The number of rotatable bonds is 8. The number of thiol groups is 1. The van der Waals surface area contributed by atoms with Crippen LogP contribution in [0.25, 0.3) is 16.9 Å². The second-order valence-corrected chi connectivity index (χ2v) is 9.37. The molecule has 7 heteroatoms. The quantitative estimate of drug-likeness (QED) is 0.354. The molecule has 36 heavy (non-hydrogen) atoms. The van der Waals surface area contributed by atoms with Crippen molar-refractivity contribution in [3.63, 3.8) is 0 Å². The molecule has 1 amide bonds. The first kappa shape index (κ1) is 24.2. The molecule has 0 bridgehead atoms. The van der Waals surface area contributed by atoms with Gasteiger partial charge in [-0.1, -0.05) is 42.5 Å². The number of hydrogen-bond acceptors (Lipinski definition) is 5. The normalized spacial score (nSPS) is 14.1. The highest BCUT2D eigenvalue weighted by atomic mass is 32.1. The molecule has 2 heterocycles. The van der Waals surface area contributed by atoms with Gasteiger partial charge >= 0.3 is 0 Å². The number of anilines is 1. The lowest BCUT2D eigenvalue weighted by molar-refractivity contribution is -0.121. The summed E-state index contributed by atoms with van der Waals surface area (Å²) in [6, 6.07) is 28.7. The van der Waals surface area contributed by atoms with Gasteiger partial charge in [-0.05, 0) is 53.6 Å². The largest absolute Gasteiger partial charge is 0.369 e. The average Bonchev–Trinajstić information content (AvgIpc) is 3.44. The minimum absolute atomic E-state index is 0.0255. The fourth-order valence-corrected chi connectivity index (χ4v) is 4.74. The summed E-state index contributed by atoms with van der Waals surface area (Å²) < 4.78 is 1.87. The smallest absolute Gasteiger partial charge is 0.225 e. The highest BCUT2D eigenvalue weighted by molar-refractivity contribution is 7.79. The molecule has 1 fully saturated rings. The molecule has 0 atom stereocenters. The van der Waals surface area contributed by atoms with Crippen molar-refractivity contribution < 1.29 is 4.79 Å². The van der Waals surface area contributed by atoms with Crippen molar-refractivity contribution in [1.29, 1.82) is 0 Å². The van der Waals surface area contributed by atoms with E-state index in [9.17, 15) is 4.79 Å². The Morgan fingerprint density at radius 3 is 2.19 bits per heavy atom. The van der Waals surface area contributed by atoms with E-state index in [2.05, 4.69) is 70.2 Å². The molecule has 1 N–H and O–H groups in total. The number of carbonyl (C=O) groups is 1. The molecule has 1 saturated heterocycles. The lowest BCUT2D eigenvalue weighted by Gasteiger charge is -2.36. The van der Waals surface area contributed by atoms with Gasteiger partial charge in [0, 0.05) is 49.4 Å². The third-order valence-corrected chi connectivity index (χ3v) is 6.86. The minimum Gasteiger partial charge on any atom is -0.369 e. The van der Waals surface area contributed by atoms with E-state index in [0.29, 0.717) is 18.8 Å². The third-order valence-electron chi connectivity index (χ3n) is 6.50. The van der Waals surface area contributed by atoms with Crippen LogP contribution in [0, 0.1) is 0 Å². The van der Waals surface area contributed by atoms with Crippen molar-refractivity contribution in [2.45, 2.75) is 12.2 Å². The summed E-state index contributed by atoms with van der Waals surface area (Å²) in [5.41, 5.74) is 6.19. The molecule has 5 rings (SSSR count). The number of piperazine rings is 1. The molecule has 4 aromatic rings. The van der Waals surface area contributed by atoms with Gasteiger partial charge < -0.3 is 10.2 Å². The van der Waals surface area contributed by atoms with Gasteiger partial charge in [0.25, 0.3) is 0 Å². The third kappa shape index (κ3) is 5.98. The van der Waals surface area contributed by atoms with E-state index in [0.717, 1.165) is 54.3 Å². The number of benzene rings is 3. The predicted octanol–water partition coefficient (Wildman–Crippen LogP) is 4.41. The molecule has 0 radical (unpaired) electrons. The number of amides is 1. The Morgan fingerprint density at radius 2 is 1.50 bits per heavy atom. The fourth-order valence-electron chi connectivity index (χ4n) is 4.56. The van der Waals surface area contributed by atoms with Gasteiger partial charge in [-0.3, -0.25) is 9.69 Å². The molecule has 184 valence electrons. The van der Waals surface area contributed by atoms with Crippen molar-refractivity contribution in [2.75, 3.05) is 37.7 Å². The van der Waals surface area contributed by atoms with E-state index in [1.54, 1.807) is 0 Å². The zero-order chi connectivity index (χ0) is 24.7.